The molecule has 0 aliphatic heterocycles. The Morgan fingerprint density at radius 3 is 2.71 bits per heavy atom. The molecule has 0 bridgehead atoms. The maximum absolute atomic E-state index is 13.2. The minimum Gasteiger partial charge on any atom is -0.284 e. The molecule has 0 aliphatic carbocycles. The summed E-state index contributed by atoms with van der Waals surface area (Å²) < 4.78 is 14.2. The lowest BCUT2D eigenvalue weighted by atomic mass is 10.1. The molecule has 0 aliphatic rings. The Kier molecular flexibility index (Phi) is 6.63. The van der Waals surface area contributed by atoms with Gasteiger partial charge in [-0.05, 0) is 66.9 Å². The first kappa shape index (κ1) is 21.5. The number of rotatable bonds is 7. The van der Waals surface area contributed by atoms with Crippen LogP contribution in [0.4, 0.5) is 9.52 Å². The highest BCUT2D eigenvalue weighted by Crippen LogP contribution is 2.33. The molecule has 2 aromatic carbocycles. The summed E-state index contributed by atoms with van der Waals surface area (Å²) >= 11 is 3.08. The van der Waals surface area contributed by atoms with E-state index in [4.69, 9.17) is 4.98 Å². The summed E-state index contributed by atoms with van der Waals surface area (Å²) in [6.45, 7) is 4.54. The Hall–Kier alpha value is -2.77. The van der Waals surface area contributed by atoms with Crippen LogP contribution in [0.25, 0.3) is 10.2 Å². The largest absolute Gasteiger partial charge is 0.284 e. The number of carbonyl (C=O) groups excluding carboxylic acids is 1. The van der Waals surface area contributed by atoms with E-state index in [2.05, 4.69) is 24.0 Å². The number of anilines is 1. The summed E-state index contributed by atoms with van der Waals surface area (Å²) in [5, 5.41) is 0.698. The topological polar surface area (TPSA) is 46.1 Å². The van der Waals surface area contributed by atoms with Crippen molar-refractivity contribution in [1.82, 2.24) is 9.97 Å². The molecular formula is C24H22FN3OS2. The van der Waals surface area contributed by atoms with Crippen molar-refractivity contribution in [3.8, 4) is 0 Å². The second-order valence-electron chi connectivity index (χ2n) is 7.32. The van der Waals surface area contributed by atoms with Crippen LogP contribution in [-0.2, 0) is 11.3 Å². The number of aromatic nitrogens is 2. The van der Waals surface area contributed by atoms with Crippen LogP contribution in [0, 0.1) is 19.7 Å². The number of thiazole rings is 1. The Bertz CT molecular complexity index is 1190. The molecule has 4 aromatic rings. The van der Waals surface area contributed by atoms with Crippen molar-refractivity contribution < 1.29 is 9.18 Å². The molecule has 2 aromatic heterocycles. The molecule has 4 rings (SSSR count). The third-order valence-corrected chi connectivity index (χ3v) is 6.85. The molecule has 158 valence electrons. The average molecular weight is 452 g/mol. The minimum atomic E-state index is -0.260. The van der Waals surface area contributed by atoms with Gasteiger partial charge in [0.1, 0.15) is 5.82 Å². The number of thioether (sulfide) groups is 1. The molecule has 4 nitrogen and oxygen atoms in total. The first-order valence-electron chi connectivity index (χ1n) is 9.95. The van der Waals surface area contributed by atoms with Gasteiger partial charge in [0.2, 0.25) is 5.91 Å². The number of pyridine rings is 1. The number of amides is 1. The van der Waals surface area contributed by atoms with Gasteiger partial charge < -0.3 is 0 Å². The summed E-state index contributed by atoms with van der Waals surface area (Å²) in [5.41, 5.74) is 4.18. The van der Waals surface area contributed by atoms with Crippen molar-refractivity contribution >= 4 is 44.4 Å². The van der Waals surface area contributed by atoms with Gasteiger partial charge in [0.15, 0.2) is 5.13 Å². The first-order valence-corrected chi connectivity index (χ1v) is 11.8. The van der Waals surface area contributed by atoms with Crippen molar-refractivity contribution in [3.63, 3.8) is 0 Å². The second-order valence-corrected chi connectivity index (χ2v) is 9.50. The Labute approximate surface area is 189 Å². The van der Waals surface area contributed by atoms with Gasteiger partial charge in [-0.25, -0.2) is 9.37 Å². The van der Waals surface area contributed by atoms with E-state index in [1.54, 1.807) is 41.2 Å². The first-order chi connectivity index (χ1) is 15.0. The van der Waals surface area contributed by atoms with Crippen LogP contribution >= 0.6 is 23.1 Å². The van der Waals surface area contributed by atoms with Gasteiger partial charge in [0.05, 0.1) is 16.8 Å². The van der Waals surface area contributed by atoms with Crippen molar-refractivity contribution in [2.24, 2.45) is 0 Å². The van der Waals surface area contributed by atoms with E-state index < -0.39 is 0 Å². The third kappa shape index (κ3) is 5.29. The zero-order valence-corrected chi connectivity index (χ0v) is 19.0. The monoisotopic (exact) mass is 451 g/mol. The van der Waals surface area contributed by atoms with E-state index in [0.29, 0.717) is 23.8 Å². The lowest BCUT2D eigenvalue weighted by Gasteiger charge is -2.20. The Balaban J connectivity index is 1.55. The normalized spacial score (nSPS) is 11.1. The molecule has 0 saturated carbocycles. The van der Waals surface area contributed by atoms with Gasteiger partial charge in [-0.1, -0.05) is 23.5 Å². The quantitative estimate of drug-likeness (QED) is 0.316. The van der Waals surface area contributed by atoms with Crippen LogP contribution in [0.15, 0.2) is 65.8 Å². The highest BCUT2D eigenvalue weighted by molar-refractivity contribution is 7.99. The maximum atomic E-state index is 13.2. The summed E-state index contributed by atoms with van der Waals surface area (Å²) in [4.78, 5) is 24.9. The van der Waals surface area contributed by atoms with Gasteiger partial charge in [-0.2, -0.15) is 0 Å². The lowest BCUT2D eigenvalue weighted by molar-refractivity contribution is -0.118. The van der Waals surface area contributed by atoms with Crippen molar-refractivity contribution in [2.75, 3.05) is 10.7 Å². The van der Waals surface area contributed by atoms with Gasteiger partial charge in [-0.3, -0.25) is 14.7 Å². The van der Waals surface area contributed by atoms with Crippen LogP contribution in [0.5, 0.6) is 0 Å². The summed E-state index contributed by atoms with van der Waals surface area (Å²) in [7, 11) is 0. The van der Waals surface area contributed by atoms with Gasteiger partial charge >= 0.3 is 0 Å². The number of carbonyl (C=O) groups is 1. The smallest absolute Gasteiger partial charge is 0.229 e. The van der Waals surface area contributed by atoms with E-state index in [9.17, 15) is 9.18 Å². The summed E-state index contributed by atoms with van der Waals surface area (Å²) in [6, 6.07) is 14.4. The molecule has 0 radical (unpaired) electrons. The van der Waals surface area contributed by atoms with Crippen molar-refractivity contribution in [1.29, 1.82) is 0 Å². The molecule has 2 heterocycles. The fourth-order valence-electron chi connectivity index (χ4n) is 3.33. The molecule has 0 saturated heterocycles. The number of hydrogen-bond acceptors (Lipinski definition) is 5. The van der Waals surface area contributed by atoms with Crippen LogP contribution < -0.4 is 4.90 Å². The minimum absolute atomic E-state index is 0.00639. The highest BCUT2D eigenvalue weighted by atomic mass is 32.2. The molecule has 1 amide bonds. The fourth-order valence-corrected chi connectivity index (χ4v) is 5.33. The maximum Gasteiger partial charge on any atom is 0.229 e. The highest BCUT2D eigenvalue weighted by Gasteiger charge is 2.21. The third-order valence-electron chi connectivity index (χ3n) is 4.81. The molecule has 0 atom stereocenters. The standard InChI is InChI=1S/C24H22FN3OS2/c1-16-12-17(2)23-21(13-16)31-24(27-23)28(15-18-4-3-10-26-14-18)22(29)9-11-30-20-7-5-19(25)6-8-20/h3-8,10,12-14H,9,11,15H2,1-2H3. The number of fused-ring (bicyclic) bond motifs is 1. The molecule has 0 N–H and O–H groups in total. The summed E-state index contributed by atoms with van der Waals surface area (Å²) in [5.74, 6) is 0.355. The van der Waals surface area contributed by atoms with Crippen LogP contribution in [0.1, 0.15) is 23.1 Å². The van der Waals surface area contributed by atoms with E-state index in [-0.39, 0.29) is 11.7 Å². The zero-order valence-electron chi connectivity index (χ0n) is 17.3. The van der Waals surface area contributed by atoms with Crippen molar-refractivity contribution in [3.05, 3.63) is 83.4 Å². The number of halogens is 1. The number of nitrogens with zero attached hydrogens (tertiary/aromatic N) is 3. The van der Waals surface area contributed by atoms with E-state index in [0.717, 1.165) is 26.2 Å². The Morgan fingerprint density at radius 1 is 1.16 bits per heavy atom. The average Bonchev–Trinajstić information content (AvgIpc) is 3.18. The molecule has 31 heavy (non-hydrogen) atoms. The van der Waals surface area contributed by atoms with Gasteiger partial charge in [0, 0.05) is 29.5 Å². The predicted octanol–water partition coefficient (Wildman–Crippen LogP) is 6.16. The van der Waals surface area contributed by atoms with Crippen LogP contribution in [0.3, 0.4) is 0 Å². The van der Waals surface area contributed by atoms with Gasteiger partial charge in [-0.15, -0.1) is 11.8 Å². The van der Waals surface area contributed by atoms with Crippen molar-refractivity contribution in [2.45, 2.75) is 31.7 Å². The SMILES string of the molecule is Cc1cc(C)c2nc(N(Cc3cccnc3)C(=O)CCSc3ccc(F)cc3)sc2c1. The lowest BCUT2D eigenvalue weighted by Crippen LogP contribution is -2.30. The Morgan fingerprint density at radius 2 is 1.97 bits per heavy atom. The molecule has 0 fully saturated rings. The van der Waals surface area contributed by atoms with Gasteiger partial charge in [0.25, 0.3) is 0 Å². The molecule has 7 heteroatoms. The van der Waals surface area contributed by atoms with E-state index >= 15 is 0 Å². The molecule has 0 spiro atoms. The predicted molar refractivity (Wildman–Crippen MR) is 126 cm³/mol. The van der Waals surface area contributed by atoms with E-state index in [1.165, 1.54) is 29.0 Å². The second kappa shape index (κ2) is 9.58. The molecular weight excluding hydrogens is 429 g/mol. The number of benzene rings is 2. The fraction of sp³-hybridized carbons (Fsp3) is 0.208. The van der Waals surface area contributed by atoms with Crippen LogP contribution in [0.2, 0.25) is 0 Å². The van der Waals surface area contributed by atoms with Crippen LogP contribution in [-0.4, -0.2) is 21.6 Å². The zero-order chi connectivity index (χ0) is 21.8. The number of hydrogen-bond donors (Lipinski definition) is 0. The summed E-state index contributed by atoms with van der Waals surface area (Å²) in [6.07, 6.45) is 3.85. The van der Waals surface area contributed by atoms with E-state index in [1.807, 2.05) is 19.1 Å². The number of aryl methyl sites for hydroxylation is 2. The molecule has 0 unspecified atom stereocenters.